The first-order valence-corrected chi connectivity index (χ1v) is 4.53. The number of hydrogen-bond donors (Lipinski definition) is 1. The minimum atomic E-state index is -0.817. The molecule has 1 heterocycles. The molecular formula is C11H10N2O4. The Morgan fingerprint density at radius 3 is 2.59 bits per heavy atom. The first-order valence-electron chi connectivity index (χ1n) is 4.53. The van der Waals surface area contributed by atoms with Crippen molar-refractivity contribution in [2.45, 2.75) is 0 Å². The van der Waals surface area contributed by atoms with Crippen molar-refractivity contribution in [2.75, 3.05) is 7.11 Å². The number of nitrogens with zero attached hydrogens (tertiary/aromatic N) is 1. The van der Waals surface area contributed by atoms with Crippen LogP contribution in [0.4, 0.5) is 5.69 Å². The monoisotopic (exact) mass is 234 g/mol. The van der Waals surface area contributed by atoms with E-state index in [-0.39, 0.29) is 28.9 Å². The van der Waals surface area contributed by atoms with Crippen LogP contribution in [-0.2, 0) is 4.74 Å². The lowest BCUT2D eigenvalue weighted by molar-refractivity contribution is 0.0591. The number of aromatic nitrogens is 1. The zero-order valence-corrected chi connectivity index (χ0v) is 9.15. The second-order valence-electron chi connectivity index (χ2n) is 2.98. The second kappa shape index (κ2) is 5.02. The highest BCUT2D eigenvalue weighted by molar-refractivity contribution is 5.97. The molecule has 0 aromatic carbocycles. The van der Waals surface area contributed by atoms with Crippen molar-refractivity contribution in [3.05, 3.63) is 33.8 Å². The molecule has 0 amide bonds. The van der Waals surface area contributed by atoms with Crippen molar-refractivity contribution in [3.63, 3.8) is 0 Å². The second-order valence-corrected chi connectivity index (χ2v) is 2.98. The molecule has 1 aromatic rings. The molecule has 1 N–H and O–H groups in total. The van der Waals surface area contributed by atoms with Crippen molar-refractivity contribution in [3.8, 4) is 0 Å². The lowest BCUT2D eigenvalue weighted by Crippen LogP contribution is -2.19. The fraction of sp³-hybridized carbons (Fsp3) is 0.0909. The van der Waals surface area contributed by atoms with Gasteiger partial charge in [-0.05, 0) is 12.8 Å². The molecule has 0 bridgehead atoms. The van der Waals surface area contributed by atoms with E-state index in [9.17, 15) is 14.4 Å². The van der Waals surface area contributed by atoms with Crippen LogP contribution >= 0.6 is 0 Å². The number of aldehydes is 1. The molecule has 6 heteroatoms. The van der Waals surface area contributed by atoms with E-state index in [1.165, 1.54) is 6.08 Å². The third-order valence-corrected chi connectivity index (χ3v) is 2.11. The largest absolute Gasteiger partial charge is 0.464 e. The number of nitrogens with one attached hydrogen (secondary N) is 1. The number of esters is 1. The Labute approximate surface area is 96.6 Å². The predicted molar refractivity (Wildman–Crippen MR) is 63.1 cm³/mol. The van der Waals surface area contributed by atoms with Crippen LogP contribution in [-0.4, -0.2) is 31.1 Å². The van der Waals surface area contributed by atoms with Crippen molar-refractivity contribution in [2.24, 2.45) is 4.99 Å². The highest BCUT2D eigenvalue weighted by atomic mass is 16.5. The quantitative estimate of drug-likeness (QED) is 0.477. The number of methoxy groups -OCH3 is 1. The van der Waals surface area contributed by atoms with E-state index in [4.69, 9.17) is 0 Å². The minimum Gasteiger partial charge on any atom is -0.464 e. The van der Waals surface area contributed by atoms with Gasteiger partial charge in [0, 0.05) is 0 Å². The fourth-order valence-electron chi connectivity index (χ4n) is 1.30. The Morgan fingerprint density at radius 1 is 1.53 bits per heavy atom. The van der Waals surface area contributed by atoms with Gasteiger partial charge >= 0.3 is 5.97 Å². The zero-order chi connectivity index (χ0) is 13.0. The number of carbonyl (C=O) groups excluding carboxylic acids is 2. The zero-order valence-electron chi connectivity index (χ0n) is 9.15. The lowest BCUT2D eigenvalue weighted by atomic mass is 10.1. The molecule has 0 spiro atoms. The maximum atomic E-state index is 11.8. The molecule has 0 aliphatic carbocycles. The normalized spacial score (nSPS) is 9.47. The van der Waals surface area contributed by atoms with Crippen LogP contribution in [0, 0.1) is 0 Å². The standard InChI is InChI=1S/C11H10N2O4/c1-4-7-9(12-2)10(15)6(5-14)8(13-7)11(16)17-3/h4-5H,1-2H2,3H3,(H,13,15). The molecule has 1 aromatic heterocycles. The highest BCUT2D eigenvalue weighted by Gasteiger charge is 2.19. The molecule has 0 unspecified atom stereocenters. The van der Waals surface area contributed by atoms with Crippen LogP contribution in [0.2, 0.25) is 0 Å². The van der Waals surface area contributed by atoms with Gasteiger partial charge in [-0.1, -0.05) is 6.58 Å². The Morgan fingerprint density at radius 2 is 2.18 bits per heavy atom. The molecule has 6 nitrogen and oxygen atoms in total. The Hall–Kier alpha value is -2.50. The van der Waals surface area contributed by atoms with Crippen LogP contribution in [0.3, 0.4) is 0 Å². The Bertz CT molecular complexity index is 557. The number of pyridine rings is 1. The van der Waals surface area contributed by atoms with Gasteiger partial charge in [0.15, 0.2) is 6.29 Å². The van der Waals surface area contributed by atoms with Crippen LogP contribution < -0.4 is 5.43 Å². The van der Waals surface area contributed by atoms with E-state index in [1.807, 2.05) is 0 Å². The summed E-state index contributed by atoms with van der Waals surface area (Å²) in [5.74, 6) is -0.817. The van der Waals surface area contributed by atoms with Gasteiger partial charge in [0.25, 0.3) is 0 Å². The summed E-state index contributed by atoms with van der Waals surface area (Å²) in [6.45, 7) is 6.68. The molecule has 0 atom stereocenters. The molecular weight excluding hydrogens is 224 g/mol. The van der Waals surface area contributed by atoms with Gasteiger partial charge in [-0.15, -0.1) is 0 Å². The fourth-order valence-corrected chi connectivity index (χ4v) is 1.30. The van der Waals surface area contributed by atoms with E-state index in [0.29, 0.717) is 0 Å². The van der Waals surface area contributed by atoms with Gasteiger partial charge in [0.1, 0.15) is 11.4 Å². The average molecular weight is 234 g/mol. The first kappa shape index (κ1) is 12.6. The number of aliphatic imine (C=N–C) groups is 1. The lowest BCUT2D eigenvalue weighted by Gasteiger charge is -2.06. The Kier molecular flexibility index (Phi) is 3.71. The number of H-pyrrole nitrogens is 1. The number of ether oxygens (including phenoxy) is 1. The van der Waals surface area contributed by atoms with E-state index < -0.39 is 11.4 Å². The SMILES string of the molecule is C=Cc1[nH]c(C(=O)OC)c(C=O)c(=O)c1N=C. The number of aromatic amines is 1. The summed E-state index contributed by atoms with van der Waals surface area (Å²) in [6.07, 6.45) is 1.57. The molecule has 17 heavy (non-hydrogen) atoms. The van der Waals surface area contributed by atoms with Crippen molar-refractivity contribution >= 4 is 30.7 Å². The molecule has 1 rings (SSSR count). The number of rotatable bonds is 4. The van der Waals surface area contributed by atoms with Crippen molar-refractivity contribution in [1.29, 1.82) is 0 Å². The maximum absolute atomic E-state index is 11.8. The summed E-state index contributed by atoms with van der Waals surface area (Å²) in [5, 5.41) is 0. The summed E-state index contributed by atoms with van der Waals surface area (Å²) in [5.41, 5.74) is -1.12. The number of carbonyl (C=O) groups is 2. The molecule has 0 fully saturated rings. The van der Waals surface area contributed by atoms with E-state index in [0.717, 1.165) is 7.11 Å². The summed E-state index contributed by atoms with van der Waals surface area (Å²) < 4.78 is 4.46. The van der Waals surface area contributed by atoms with Crippen LogP contribution in [0.15, 0.2) is 16.4 Å². The number of hydrogen-bond acceptors (Lipinski definition) is 5. The molecule has 0 aliphatic rings. The van der Waals surface area contributed by atoms with E-state index in [2.05, 4.69) is 28.0 Å². The highest BCUT2D eigenvalue weighted by Crippen LogP contribution is 2.15. The first-order chi connectivity index (χ1) is 8.10. The molecule has 0 radical (unpaired) electrons. The van der Waals surface area contributed by atoms with Gasteiger partial charge in [0.2, 0.25) is 5.43 Å². The summed E-state index contributed by atoms with van der Waals surface area (Å²) in [6, 6.07) is 0. The third-order valence-electron chi connectivity index (χ3n) is 2.11. The summed E-state index contributed by atoms with van der Waals surface area (Å²) in [4.78, 5) is 40.1. The van der Waals surface area contributed by atoms with Gasteiger partial charge in [-0.2, -0.15) is 0 Å². The minimum absolute atomic E-state index is 0.0604. The molecule has 0 saturated heterocycles. The third kappa shape index (κ3) is 2.05. The topological polar surface area (TPSA) is 88.6 Å². The average Bonchev–Trinajstić information content (AvgIpc) is 2.36. The van der Waals surface area contributed by atoms with E-state index in [1.54, 1.807) is 0 Å². The smallest absolute Gasteiger partial charge is 0.355 e. The van der Waals surface area contributed by atoms with Crippen LogP contribution in [0.1, 0.15) is 26.5 Å². The van der Waals surface area contributed by atoms with Gasteiger partial charge in [-0.25, -0.2) is 4.79 Å². The van der Waals surface area contributed by atoms with Crippen LogP contribution in [0.5, 0.6) is 0 Å². The predicted octanol–water partition coefficient (Wildman–Crippen LogP) is 0.949. The molecule has 88 valence electrons. The molecule has 0 aliphatic heterocycles. The van der Waals surface area contributed by atoms with Crippen molar-refractivity contribution < 1.29 is 14.3 Å². The van der Waals surface area contributed by atoms with Gasteiger partial charge < -0.3 is 9.72 Å². The van der Waals surface area contributed by atoms with Crippen LogP contribution in [0.25, 0.3) is 6.08 Å². The summed E-state index contributed by atoms with van der Waals surface area (Å²) >= 11 is 0. The summed E-state index contributed by atoms with van der Waals surface area (Å²) in [7, 11) is 1.14. The van der Waals surface area contributed by atoms with Gasteiger partial charge in [0.05, 0.1) is 18.4 Å². The van der Waals surface area contributed by atoms with Gasteiger partial charge in [-0.3, -0.25) is 14.6 Å². The maximum Gasteiger partial charge on any atom is 0.355 e. The molecule has 0 saturated carbocycles. The van der Waals surface area contributed by atoms with E-state index >= 15 is 0 Å². The Balaban J connectivity index is 3.74. The van der Waals surface area contributed by atoms with Crippen molar-refractivity contribution in [1.82, 2.24) is 4.98 Å².